The largest absolute Gasteiger partial charge is 0.477 e. The Morgan fingerprint density at radius 1 is 1.09 bits per heavy atom. The van der Waals surface area contributed by atoms with Crippen molar-refractivity contribution < 1.29 is 9.90 Å². The van der Waals surface area contributed by atoms with Gasteiger partial charge in [0.05, 0.1) is 5.52 Å². The number of carboxylic acids is 1. The number of fused-ring (bicyclic) bond motifs is 3. The van der Waals surface area contributed by atoms with Crippen molar-refractivity contribution in [2.24, 2.45) is 0 Å². The molecule has 0 bridgehead atoms. The van der Waals surface area contributed by atoms with Gasteiger partial charge in [0.1, 0.15) is 4.88 Å². The third-order valence-corrected chi connectivity index (χ3v) is 5.20. The molecular formula is C18H10ClNO2S. The van der Waals surface area contributed by atoms with Gasteiger partial charge in [-0.25, -0.2) is 4.79 Å². The highest BCUT2D eigenvalue weighted by molar-refractivity contribution is 7.22. The molecule has 0 atom stereocenters. The molecule has 2 aromatic carbocycles. The number of hydrogen-bond donors (Lipinski definition) is 1. The third kappa shape index (κ3) is 2.27. The summed E-state index contributed by atoms with van der Waals surface area (Å²) in [6.07, 6.45) is 1.75. The van der Waals surface area contributed by atoms with Crippen molar-refractivity contribution in [1.29, 1.82) is 0 Å². The average Bonchev–Trinajstić information content (AvgIpc) is 2.96. The van der Waals surface area contributed by atoms with E-state index in [9.17, 15) is 9.90 Å². The van der Waals surface area contributed by atoms with Gasteiger partial charge in [0.25, 0.3) is 0 Å². The molecule has 0 aliphatic heterocycles. The van der Waals surface area contributed by atoms with E-state index in [4.69, 9.17) is 11.6 Å². The lowest BCUT2D eigenvalue weighted by Crippen LogP contribution is -1.94. The fourth-order valence-corrected chi connectivity index (χ4v) is 4.08. The van der Waals surface area contributed by atoms with Gasteiger partial charge in [0.15, 0.2) is 0 Å². The molecule has 4 aromatic rings. The molecule has 0 unspecified atom stereocenters. The van der Waals surface area contributed by atoms with E-state index in [2.05, 4.69) is 4.98 Å². The van der Waals surface area contributed by atoms with E-state index in [1.807, 2.05) is 42.5 Å². The number of pyridine rings is 1. The summed E-state index contributed by atoms with van der Waals surface area (Å²) in [5.41, 5.74) is 2.39. The Balaban J connectivity index is 2.16. The van der Waals surface area contributed by atoms with E-state index in [1.165, 1.54) is 11.3 Å². The zero-order chi connectivity index (χ0) is 16.0. The maximum Gasteiger partial charge on any atom is 0.346 e. The molecule has 0 radical (unpaired) electrons. The summed E-state index contributed by atoms with van der Waals surface area (Å²) in [7, 11) is 0. The molecular weight excluding hydrogens is 330 g/mol. The average molecular weight is 340 g/mol. The number of aromatic carboxylic acids is 1. The molecule has 3 nitrogen and oxygen atoms in total. The van der Waals surface area contributed by atoms with E-state index in [0.717, 1.165) is 26.6 Å². The van der Waals surface area contributed by atoms with Crippen LogP contribution in [-0.2, 0) is 0 Å². The number of carbonyl (C=O) groups is 1. The highest BCUT2D eigenvalue weighted by Crippen LogP contribution is 2.41. The molecule has 0 saturated carbocycles. The first-order valence-corrected chi connectivity index (χ1v) is 8.14. The first-order valence-electron chi connectivity index (χ1n) is 6.94. The quantitative estimate of drug-likeness (QED) is 0.527. The summed E-state index contributed by atoms with van der Waals surface area (Å²) in [4.78, 5) is 16.5. The highest BCUT2D eigenvalue weighted by atomic mass is 35.5. The van der Waals surface area contributed by atoms with Crippen molar-refractivity contribution in [3.63, 3.8) is 0 Å². The molecule has 2 aromatic heterocycles. The van der Waals surface area contributed by atoms with Crippen molar-refractivity contribution in [2.75, 3.05) is 0 Å². The van der Waals surface area contributed by atoms with Crippen LogP contribution in [0.1, 0.15) is 9.67 Å². The molecule has 0 fully saturated rings. The van der Waals surface area contributed by atoms with Gasteiger partial charge in [0.2, 0.25) is 0 Å². The van der Waals surface area contributed by atoms with Crippen molar-refractivity contribution in [2.45, 2.75) is 0 Å². The summed E-state index contributed by atoms with van der Waals surface area (Å²) >= 11 is 7.37. The minimum atomic E-state index is -0.930. The van der Waals surface area contributed by atoms with Gasteiger partial charge in [0, 0.05) is 32.3 Å². The molecule has 5 heteroatoms. The van der Waals surface area contributed by atoms with E-state index in [1.54, 1.807) is 12.3 Å². The monoisotopic (exact) mass is 339 g/mol. The van der Waals surface area contributed by atoms with Crippen molar-refractivity contribution in [3.05, 3.63) is 64.6 Å². The second-order valence-corrected chi connectivity index (χ2v) is 6.60. The Labute approximate surface area is 140 Å². The fraction of sp³-hybridized carbons (Fsp3) is 0. The van der Waals surface area contributed by atoms with Crippen LogP contribution in [-0.4, -0.2) is 16.1 Å². The van der Waals surface area contributed by atoms with Crippen molar-refractivity contribution in [3.8, 4) is 11.1 Å². The maximum absolute atomic E-state index is 11.7. The Morgan fingerprint density at radius 2 is 1.87 bits per heavy atom. The summed E-state index contributed by atoms with van der Waals surface area (Å²) in [6, 6.07) is 15.0. The number of rotatable bonds is 2. The van der Waals surface area contributed by atoms with E-state index < -0.39 is 5.97 Å². The second kappa shape index (κ2) is 5.33. The van der Waals surface area contributed by atoms with Crippen LogP contribution in [0.4, 0.5) is 0 Å². The van der Waals surface area contributed by atoms with E-state index in [0.29, 0.717) is 15.5 Å². The first kappa shape index (κ1) is 14.2. The predicted molar refractivity (Wildman–Crippen MR) is 94.5 cm³/mol. The van der Waals surface area contributed by atoms with Crippen molar-refractivity contribution in [1.82, 2.24) is 4.98 Å². The van der Waals surface area contributed by atoms with Crippen LogP contribution in [0.25, 0.3) is 32.1 Å². The first-order chi connectivity index (χ1) is 11.1. The molecule has 0 spiro atoms. The number of benzene rings is 2. The molecule has 0 aliphatic rings. The van der Waals surface area contributed by atoms with Gasteiger partial charge in [-0.15, -0.1) is 11.3 Å². The number of aromatic nitrogens is 1. The van der Waals surface area contributed by atoms with E-state index >= 15 is 0 Å². The lowest BCUT2D eigenvalue weighted by atomic mass is 10.0. The summed E-state index contributed by atoms with van der Waals surface area (Å²) in [5.74, 6) is -0.930. The number of carboxylic acid groups (broad SMARTS) is 1. The number of nitrogens with zero attached hydrogens (tertiary/aromatic N) is 1. The van der Waals surface area contributed by atoms with Gasteiger partial charge in [-0.05, 0) is 23.8 Å². The Kier molecular flexibility index (Phi) is 3.29. The lowest BCUT2D eigenvalue weighted by molar-refractivity contribution is 0.0703. The predicted octanol–water partition coefficient (Wildman–Crippen LogP) is 5.47. The minimum Gasteiger partial charge on any atom is -0.477 e. The van der Waals surface area contributed by atoms with Crippen molar-refractivity contribution >= 4 is 49.9 Å². The third-order valence-electron chi connectivity index (χ3n) is 3.74. The standard InChI is InChI=1S/C18H10ClNO2S/c19-11-6-7-14-12(8-11)16-13(9-20-14)15(17(23-16)18(21)22)10-4-2-1-3-5-10/h1-9H,(H,21,22). The Bertz CT molecular complexity index is 1060. The molecule has 4 rings (SSSR count). The van der Waals surface area contributed by atoms with Crippen LogP contribution >= 0.6 is 22.9 Å². The van der Waals surface area contributed by atoms with Gasteiger partial charge in [-0.3, -0.25) is 4.98 Å². The van der Waals surface area contributed by atoms with Crippen LogP contribution in [0.3, 0.4) is 0 Å². The van der Waals surface area contributed by atoms with Crippen LogP contribution in [0.2, 0.25) is 5.02 Å². The summed E-state index contributed by atoms with van der Waals surface area (Å²) in [6.45, 7) is 0. The summed E-state index contributed by atoms with van der Waals surface area (Å²) < 4.78 is 0.897. The smallest absolute Gasteiger partial charge is 0.346 e. The number of hydrogen-bond acceptors (Lipinski definition) is 3. The Hall–Kier alpha value is -2.43. The molecule has 1 N–H and O–H groups in total. The van der Waals surface area contributed by atoms with Gasteiger partial charge in [-0.1, -0.05) is 41.9 Å². The zero-order valence-corrected chi connectivity index (χ0v) is 13.4. The normalized spacial score (nSPS) is 11.2. The topological polar surface area (TPSA) is 50.2 Å². The molecule has 0 saturated heterocycles. The Morgan fingerprint density at radius 3 is 2.61 bits per heavy atom. The van der Waals surface area contributed by atoms with E-state index in [-0.39, 0.29) is 0 Å². The number of thiophene rings is 1. The van der Waals surface area contributed by atoms with Gasteiger partial charge in [-0.2, -0.15) is 0 Å². The molecule has 2 heterocycles. The number of halogens is 1. The zero-order valence-electron chi connectivity index (χ0n) is 11.8. The molecule has 0 aliphatic carbocycles. The minimum absolute atomic E-state index is 0.320. The van der Waals surface area contributed by atoms with Gasteiger partial charge < -0.3 is 5.11 Å². The molecule has 23 heavy (non-hydrogen) atoms. The molecule has 0 amide bonds. The lowest BCUT2D eigenvalue weighted by Gasteiger charge is -2.03. The highest BCUT2D eigenvalue weighted by Gasteiger charge is 2.20. The van der Waals surface area contributed by atoms with Crippen LogP contribution < -0.4 is 0 Å². The second-order valence-electron chi connectivity index (χ2n) is 5.14. The summed E-state index contributed by atoms with van der Waals surface area (Å²) in [5, 5.41) is 11.9. The SMILES string of the molecule is O=C(O)c1sc2c(cnc3ccc(Cl)cc32)c1-c1ccccc1. The van der Waals surface area contributed by atoms with Crippen LogP contribution in [0, 0.1) is 0 Å². The van der Waals surface area contributed by atoms with Crippen LogP contribution in [0.5, 0.6) is 0 Å². The van der Waals surface area contributed by atoms with Gasteiger partial charge >= 0.3 is 5.97 Å². The van der Waals surface area contributed by atoms with Crippen LogP contribution in [0.15, 0.2) is 54.7 Å². The molecule has 112 valence electrons. The maximum atomic E-state index is 11.7. The fourth-order valence-electron chi connectivity index (χ4n) is 2.75.